The second-order valence-electron chi connectivity index (χ2n) is 3.18. The number of nitrogens with zero attached hydrogens (tertiary/aromatic N) is 2. The van der Waals surface area contributed by atoms with Gasteiger partial charge in [0.05, 0.1) is 13.7 Å². The van der Waals surface area contributed by atoms with Gasteiger partial charge in [-0.3, -0.25) is 9.63 Å². The van der Waals surface area contributed by atoms with Gasteiger partial charge in [-0.05, 0) is 12.1 Å². The fraction of sp³-hybridized carbons (Fsp3) is 0.455. The van der Waals surface area contributed by atoms with Crippen molar-refractivity contribution in [1.82, 2.24) is 10.0 Å². The topological polar surface area (TPSA) is 60.9 Å². The lowest BCUT2D eigenvalue weighted by Crippen LogP contribution is -2.26. The first-order valence-electron chi connectivity index (χ1n) is 5.09. The van der Waals surface area contributed by atoms with E-state index in [0.29, 0.717) is 18.8 Å². The van der Waals surface area contributed by atoms with E-state index in [2.05, 4.69) is 4.98 Å². The summed E-state index contributed by atoms with van der Waals surface area (Å²) in [4.78, 5) is 20.7. The molecule has 1 amide bonds. The number of pyridine rings is 1. The van der Waals surface area contributed by atoms with E-state index in [0.717, 1.165) is 5.06 Å². The van der Waals surface area contributed by atoms with Crippen molar-refractivity contribution >= 4 is 5.91 Å². The van der Waals surface area contributed by atoms with Crippen molar-refractivity contribution in [1.29, 1.82) is 0 Å². The first-order valence-corrected chi connectivity index (χ1v) is 5.09. The fourth-order valence-electron chi connectivity index (χ4n) is 1.14. The summed E-state index contributed by atoms with van der Waals surface area (Å²) >= 11 is 0. The summed E-state index contributed by atoms with van der Waals surface area (Å²) in [5.74, 6) is -0.0357. The van der Waals surface area contributed by atoms with Crippen molar-refractivity contribution in [3.63, 3.8) is 0 Å². The number of carbonyl (C=O) groups excluding carboxylic acids is 1. The number of hydroxylamine groups is 2. The van der Waals surface area contributed by atoms with Gasteiger partial charge in [0.2, 0.25) is 5.88 Å². The number of methoxy groups -OCH3 is 1. The summed E-state index contributed by atoms with van der Waals surface area (Å²) in [5, 5.41) is 1.11. The molecule has 1 aromatic rings. The van der Waals surface area contributed by atoms with E-state index < -0.39 is 0 Å². The van der Waals surface area contributed by atoms with Crippen LogP contribution in [0.5, 0.6) is 5.88 Å². The molecule has 6 heteroatoms. The molecule has 0 aromatic carbocycles. The maximum atomic E-state index is 11.9. The highest BCUT2D eigenvalue weighted by atomic mass is 16.7. The van der Waals surface area contributed by atoms with Gasteiger partial charge in [0.25, 0.3) is 5.91 Å². The number of ether oxygens (including phenoxy) is 2. The first kappa shape index (κ1) is 13.4. The smallest absolute Gasteiger partial charge is 0.282 e. The number of carbonyl (C=O) groups is 1. The molecule has 0 atom stereocenters. The Kier molecular flexibility index (Phi) is 5.38. The van der Waals surface area contributed by atoms with Crippen LogP contribution in [0.25, 0.3) is 0 Å². The number of rotatable bonds is 6. The van der Waals surface area contributed by atoms with Crippen LogP contribution < -0.4 is 4.74 Å². The fourth-order valence-corrected chi connectivity index (χ4v) is 1.14. The lowest BCUT2D eigenvalue weighted by Gasteiger charge is -2.15. The molecule has 0 bridgehead atoms. The van der Waals surface area contributed by atoms with Gasteiger partial charge in [-0.15, -0.1) is 0 Å². The molecule has 17 heavy (non-hydrogen) atoms. The number of amides is 1. The number of hydrogen-bond donors (Lipinski definition) is 0. The summed E-state index contributed by atoms with van der Waals surface area (Å²) in [6.45, 7) is 0.773. The van der Waals surface area contributed by atoms with Crippen LogP contribution in [-0.2, 0) is 9.57 Å². The molecule has 0 aliphatic rings. The summed E-state index contributed by atoms with van der Waals surface area (Å²) in [6.07, 6.45) is 1.56. The molecular weight excluding hydrogens is 224 g/mol. The van der Waals surface area contributed by atoms with Crippen LogP contribution >= 0.6 is 0 Å². The maximum absolute atomic E-state index is 11.9. The highest BCUT2D eigenvalue weighted by Crippen LogP contribution is 2.16. The van der Waals surface area contributed by atoms with E-state index in [4.69, 9.17) is 14.3 Å². The lowest BCUT2D eigenvalue weighted by molar-refractivity contribution is -0.0759. The van der Waals surface area contributed by atoms with E-state index in [1.165, 1.54) is 14.2 Å². The molecule has 0 unspecified atom stereocenters. The molecule has 0 spiro atoms. The molecule has 0 aliphatic heterocycles. The predicted molar refractivity (Wildman–Crippen MR) is 60.7 cm³/mol. The van der Waals surface area contributed by atoms with Crippen LogP contribution in [0.15, 0.2) is 18.3 Å². The minimum atomic E-state index is -0.312. The van der Waals surface area contributed by atoms with Crippen molar-refractivity contribution in [3.05, 3.63) is 23.9 Å². The quantitative estimate of drug-likeness (QED) is 0.542. The second kappa shape index (κ2) is 6.82. The van der Waals surface area contributed by atoms with Gasteiger partial charge in [0.15, 0.2) is 0 Å². The molecule has 0 saturated heterocycles. The molecule has 0 saturated carbocycles. The molecule has 6 nitrogen and oxygen atoms in total. The normalized spacial score (nSPS) is 10.1. The molecular formula is C11H16N2O4. The molecule has 1 rings (SSSR count). The minimum Gasteiger partial charge on any atom is -0.475 e. The predicted octanol–water partition coefficient (Wildman–Crippen LogP) is 0.740. The van der Waals surface area contributed by atoms with Crippen molar-refractivity contribution in [2.24, 2.45) is 0 Å². The monoisotopic (exact) mass is 240 g/mol. The van der Waals surface area contributed by atoms with E-state index in [-0.39, 0.29) is 11.8 Å². The highest BCUT2D eigenvalue weighted by molar-refractivity contribution is 5.95. The van der Waals surface area contributed by atoms with Crippen LogP contribution in [0.3, 0.4) is 0 Å². The van der Waals surface area contributed by atoms with Crippen LogP contribution in [0, 0.1) is 0 Å². The van der Waals surface area contributed by atoms with Gasteiger partial charge < -0.3 is 9.47 Å². The Bertz CT molecular complexity index is 370. The van der Waals surface area contributed by atoms with Crippen molar-refractivity contribution in [2.75, 3.05) is 34.5 Å². The first-order chi connectivity index (χ1) is 8.20. The third-order valence-corrected chi connectivity index (χ3v) is 2.09. The molecule has 1 aromatic heterocycles. The maximum Gasteiger partial charge on any atom is 0.282 e. The summed E-state index contributed by atoms with van der Waals surface area (Å²) in [7, 11) is 4.51. The van der Waals surface area contributed by atoms with Crippen LogP contribution in [-0.4, -0.2) is 50.4 Å². The Morgan fingerprint density at radius 2 is 2.18 bits per heavy atom. The third-order valence-electron chi connectivity index (χ3n) is 2.09. The van der Waals surface area contributed by atoms with E-state index >= 15 is 0 Å². The average Bonchev–Trinajstić information content (AvgIpc) is 2.38. The SMILES string of the molecule is COCCOc1ncccc1C(=O)N(C)OC. The third kappa shape index (κ3) is 3.69. The number of aromatic nitrogens is 1. The molecule has 0 N–H and O–H groups in total. The van der Waals surface area contributed by atoms with E-state index in [1.807, 2.05) is 0 Å². The lowest BCUT2D eigenvalue weighted by atomic mass is 10.2. The van der Waals surface area contributed by atoms with Gasteiger partial charge in [-0.2, -0.15) is 0 Å². The average molecular weight is 240 g/mol. The summed E-state index contributed by atoms with van der Waals surface area (Å²) < 4.78 is 10.2. The highest BCUT2D eigenvalue weighted by Gasteiger charge is 2.17. The second-order valence-corrected chi connectivity index (χ2v) is 3.18. The molecule has 1 heterocycles. The Balaban J connectivity index is 2.80. The van der Waals surface area contributed by atoms with Gasteiger partial charge >= 0.3 is 0 Å². The largest absolute Gasteiger partial charge is 0.475 e. The Morgan fingerprint density at radius 3 is 2.82 bits per heavy atom. The Hall–Kier alpha value is -1.66. The zero-order valence-electron chi connectivity index (χ0n) is 10.2. The number of hydrogen-bond acceptors (Lipinski definition) is 5. The molecule has 0 radical (unpaired) electrons. The van der Waals surface area contributed by atoms with Crippen molar-refractivity contribution < 1.29 is 19.1 Å². The standard InChI is InChI=1S/C11H16N2O4/c1-13(16-3)11(14)9-5-4-6-12-10(9)17-8-7-15-2/h4-6H,7-8H2,1-3H3. The van der Waals surface area contributed by atoms with Crippen LogP contribution in [0.1, 0.15) is 10.4 Å². The molecule has 0 fully saturated rings. The van der Waals surface area contributed by atoms with Crippen LogP contribution in [0.2, 0.25) is 0 Å². The van der Waals surface area contributed by atoms with Crippen LogP contribution in [0.4, 0.5) is 0 Å². The summed E-state index contributed by atoms with van der Waals surface area (Å²) in [6, 6.07) is 3.30. The van der Waals surface area contributed by atoms with Gasteiger partial charge in [0, 0.05) is 20.4 Å². The zero-order chi connectivity index (χ0) is 12.7. The molecule has 0 aliphatic carbocycles. The van der Waals surface area contributed by atoms with Gasteiger partial charge in [0.1, 0.15) is 12.2 Å². The van der Waals surface area contributed by atoms with Crippen molar-refractivity contribution in [2.45, 2.75) is 0 Å². The summed E-state index contributed by atoms with van der Waals surface area (Å²) in [5.41, 5.74) is 0.355. The minimum absolute atomic E-state index is 0.276. The van der Waals surface area contributed by atoms with Gasteiger partial charge in [-0.1, -0.05) is 0 Å². The van der Waals surface area contributed by atoms with E-state index in [1.54, 1.807) is 25.4 Å². The Morgan fingerprint density at radius 1 is 1.41 bits per heavy atom. The van der Waals surface area contributed by atoms with E-state index in [9.17, 15) is 4.79 Å². The Labute approximate surface area is 100 Å². The molecule has 94 valence electrons. The van der Waals surface area contributed by atoms with Crippen molar-refractivity contribution in [3.8, 4) is 5.88 Å². The van der Waals surface area contributed by atoms with Gasteiger partial charge in [-0.25, -0.2) is 10.0 Å². The zero-order valence-corrected chi connectivity index (χ0v) is 10.2.